The molecule has 0 aliphatic carbocycles. The summed E-state index contributed by atoms with van der Waals surface area (Å²) in [6.45, 7) is 3.77. The zero-order valence-corrected chi connectivity index (χ0v) is 20.9. The summed E-state index contributed by atoms with van der Waals surface area (Å²) in [6.07, 6.45) is 2.09. The van der Waals surface area contributed by atoms with Gasteiger partial charge in [-0.1, -0.05) is 60.7 Å². The van der Waals surface area contributed by atoms with E-state index in [1.54, 1.807) is 14.2 Å². The van der Waals surface area contributed by atoms with E-state index in [9.17, 15) is 0 Å². The molecule has 1 fully saturated rings. The number of aromatic nitrogens is 2. The van der Waals surface area contributed by atoms with E-state index < -0.39 is 0 Å². The normalized spacial score (nSPS) is 15.5. The van der Waals surface area contributed by atoms with Crippen molar-refractivity contribution in [1.29, 1.82) is 0 Å². The van der Waals surface area contributed by atoms with Crippen LogP contribution < -0.4 is 20.5 Å². The number of anilines is 2. The van der Waals surface area contributed by atoms with Gasteiger partial charge in [0.1, 0.15) is 5.82 Å². The largest absolute Gasteiger partial charge is 0.493 e. The van der Waals surface area contributed by atoms with Crippen LogP contribution in [0.25, 0.3) is 10.9 Å². The Bertz CT molecular complexity index is 1310. The number of benzene rings is 3. The van der Waals surface area contributed by atoms with Crippen molar-refractivity contribution in [2.24, 2.45) is 0 Å². The number of nitrogens with one attached hydrogen (secondary N) is 1. The van der Waals surface area contributed by atoms with E-state index in [-0.39, 0.29) is 5.41 Å². The van der Waals surface area contributed by atoms with Gasteiger partial charge in [0.2, 0.25) is 5.95 Å². The molecule has 0 spiro atoms. The zero-order chi connectivity index (χ0) is 25.0. The van der Waals surface area contributed by atoms with Crippen LogP contribution in [0, 0.1) is 0 Å². The van der Waals surface area contributed by atoms with Crippen molar-refractivity contribution in [1.82, 2.24) is 14.9 Å². The van der Waals surface area contributed by atoms with Crippen molar-refractivity contribution < 1.29 is 9.47 Å². The van der Waals surface area contributed by atoms with Crippen LogP contribution in [0.1, 0.15) is 24.0 Å². The Morgan fingerprint density at radius 2 is 1.53 bits per heavy atom. The molecule has 7 heteroatoms. The summed E-state index contributed by atoms with van der Waals surface area (Å²) in [5, 5.41) is 4.27. The number of ether oxygens (including phenoxy) is 2. The summed E-state index contributed by atoms with van der Waals surface area (Å²) in [6, 6.07) is 25.1. The first-order valence-corrected chi connectivity index (χ1v) is 12.4. The Morgan fingerprint density at radius 1 is 0.889 bits per heavy atom. The van der Waals surface area contributed by atoms with E-state index >= 15 is 0 Å². The lowest BCUT2D eigenvalue weighted by atomic mass is 9.72. The third-order valence-corrected chi connectivity index (χ3v) is 7.26. The highest BCUT2D eigenvalue weighted by molar-refractivity contribution is 5.91. The smallest absolute Gasteiger partial charge is 0.225 e. The molecule has 1 aliphatic rings. The number of nitrogen functional groups attached to an aromatic ring is 1. The van der Waals surface area contributed by atoms with E-state index in [1.165, 1.54) is 11.1 Å². The van der Waals surface area contributed by atoms with Crippen molar-refractivity contribution in [3.05, 3.63) is 83.9 Å². The standard InChI is InChI=1S/C29H33N5O2/c1-35-25-17-23-24(18-26(25)36-2)32-28(33-27(23)30)31-20-29(22-11-7-4-8-12-22)13-15-34(16-14-29)19-21-9-5-3-6-10-21/h3-12,17-18H,13-16,19-20H2,1-2H3,(H3,30,31,32,33). The minimum Gasteiger partial charge on any atom is -0.493 e. The highest BCUT2D eigenvalue weighted by atomic mass is 16.5. The maximum absolute atomic E-state index is 6.32. The third-order valence-electron chi connectivity index (χ3n) is 7.26. The molecular formula is C29H33N5O2. The molecule has 0 radical (unpaired) electrons. The summed E-state index contributed by atoms with van der Waals surface area (Å²) in [7, 11) is 3.21. The highest BCUT2D eigenvalue weighted by Gasteiger charge is 2.36. The predicted molar refractivity (Wildman–Crippen MR) is 145 cm³/mol. The molecule has 0 atom stereocenters. The van der Waals surface area contributed by atoms with Gasteiger partial charge in [-0.3, -0.25) is 4.90 Å². The fourth-order valence-electron chi connectivity index (χ4n) is 5.15. The second-order valence-corrected chi connectivity index (χ2v) is 9.42. The van der Waals surface area contributed by atoms with Crippen LogP contribution in [0.15, 0.2) is 72.8 Å². The summed E-state index contributed by atoms with van der Waals surface area (Å²) in [5.41, 5.74) is 9.73. The highest BCUT2D eigenvalue weighted by Crippen LogP contribution is 2.37. The molecule has 1 aromatic heterocycles. The minimum atomic E-state index is -0.0148. The number of methoxy groups -OCH3 is 2. The molecule has 4 aromatic rings. The average Bonchev–Trinajstić information content (AvgIpc) is 2.93. The molecule has 3 N–H and O–H groups in total. The maximum atomic E-state index is 6.32. The van der Waals surface area contributed by atoms with Crippen LogP contribution in [0.4, 0.5) is 11.8 Å². The molecule has 2 heterocycles. The van der Waals surface area contributed by atoms with Gasteiger partial charge in [0.15, 0.2) is 11.5 Å². The Hall–Kier alpha value is -3.84. The predicted octanol–water partition coefficient (Wildman–Crippen LogP) is 4.88. The number of rotatable bonds is 8. The lowest BCUT2D eigenvalue weighted by molar-refractivity contribution is 0.158. The van der Waals surface area contributed by atoms with Crippen LogP contribution in [0.5, 0.6) is 11.5 Å². The van der Waals surface area contributed by atoms with E-state index in [0.29, 0.717) is 28.8 Å². The van der Waals surface area contributed by atoms with Gasteiger partial charge >= 0.3 is 0 Å². The molecule has 0 unspecified atom stereocenters. The van der Waals surface area contributed by atoms with Gasteiger partial charge in [0.25, 0.3) is 0 Å². The van der Waals surface area contributed by atoms with E-state index in [0.717, 1.165) is 44.4 Å². The fourth-order valence-corrected chi connectivity index (χ4v) is 5.15. The van der Waals surface area contributed by atoms with E-state index in [1.807, 2.05) is 12.1 Å². The Morgan fingerprint density at radius 3 is 2.19 bits per heavy atom. The molecule has 7 nitrogen and oxygen atoms in total. The number of piperidine rings is 1. The maximum Gasteiger partial charge on any atom is 0.225 e. The number of nitrogens with zero attached hydrogens (tertiary/aromatic N) is 3. The van der Waals surface area contributed by atoms with Crippen LogP contribution >= 0.6 is 0 Å². The molecule has 36 heavy (non-hydrogen) atoms. The van der Waals surface area contributed by atoms with Gasteiger partial charge in [-0.25, -0.2) is 4.98 Å². The van der Waals surface area contributed by atoms with Gasteiger partial charge in [-0.15, -0.1) is 0 Å². The van der Waals surface area contributed by atoms with E-state index in [2.05, 4.69) is 75.9 Å². The van der Waals surface area contributed by atoms with E-state index in [4.69, 9.17) is 20.2 Å². The van der Waals surface area contributed by atoms with Gasteiger partial charge in [0.05, 0.1) is 19.7 Å². The summed E-state index contributed by atoms with van der Waals surface area (Å²) in [4.78, 5) is 11.9. The quantitative estimate of drug-likeness (QED) is 0.370. The topological polar surface area (TPSA) is 85.5 Å². The van der Waals surface area contributed by atoms with Gasteiger partial charge in [0, 0.05) is 30.0 Å². The Kier molecular flexibility index (Phi) is 6.91. The Balaban J connectivity index is 1.37. The molecule has 0 bridgehead atoms. The number of hydrogen-bond acceptors (Lipinski definition) is 7. The number of hydrogen-bond donors (Lipinski definition) is 2. The van der Waals surface area contributed by atoms with Crippen molar-refractivity contribution >= 4 is 22.7 Å². The lowest BCUT2D eigenvalue weighted by Gasteiger charge is -2.42. The van der Waals surface area contributed by atoms with Gasteiger partial charge in [-0.2, -0.15) is 4.98 Å². The summed E-state index contributed by atoms with van der Waals surface area (Å²) < 4.78 is 10.9. The summed E-state index contributed by atoms with van der Waals surface area (Å²) in [5.74, 6) is 2.15. The first-order chi connectivity index (χ1) is 17.6. The molecule has 5 rings (SSSR count). The third kappa shape index (κ3) is 4.93. The molecule has 0 saturated carbocycles. The monoisotopic (exact) mass is 483 g/mol. The lowest BCUT2D eigenvalue weighted by Crippen LogP contribution is -2.46. The Labute approximate surface area is 212 Å². The second kappa shape index (κ2) is 10.4. The number of nitrogens with two attached hydrogens (primary N) is 1. The molecule has 1 aliphatic heterocycles. The second-order valence-electron chi connectivity index (χ2n) is 9.42. The zero-order valence-electron chi connectivity index (χ0n) is 20.9. The van der Waals surface area contributed by atoms with Crippen LogP contribution in [-0.4, -0.2) is 48.7 Å². The van der Waals surface area contributed by atoms with Crippen molar-refractivity contribution in [2.75, 3.05) is 44.9 Å². The van der Waals surface area contributed by atoms with Crippen LogP contribution in [0.2, 0.25) is 0 Å². The number of fused-ring (bicyclic) bond motifs is 1. The first kappa shape index (κ1) is 23.9. The number of likely N-dealkylation sites (tertiary alicyclic amines) is 1. The minimum absolute atomic E-state index is 0.0148. The summed E-state index contributed by atoms with van der Waals surface area (Å²) >= 11 is 0. The van der Waals surface area contributed by atoms with Crippen LogP contribution in [0.3, 0.4) is 0 Å². The molecule has 3 aromatic carbocycles. The van der Waals surface area contributed by atoms with Crippen LogP contribution in [-0.2, 0) is 12.0 Å². The molecular weight excluding hydrogens is 450 g/mol. The van der Waals surface area contributed by atoms with Gasteiger partial charge in [-0.05, 0) is 43.1 Å². The van der Waals surface area contributed by atoms with Crippen molar-refractivity contribution in [2.45, 2.75) is 24.8 Å². The van der Waals surface area contributed by atoms with Crippen molar-refractivity contribution in [3.63, 3.8) is 0 Å². The molecule has 186 valence electrons. The fraction of sp³-hybridized carbons (Fsp3) is 0.310. The molecule has 1 saturated heterocycles. The van der Waals surface area contributed by atoms with Gasteiger partial charge < -0.3 is 20.5 Å². The van der Waals surface area contributed by atoms with Crippen molar-refractivity contribution in [3.8, 4) is 11.5 Å². The SMILES string of the molecule is COc1cc2nc(NCC3(c4ccccc4)CCN(Cc4ccccc4)CC3)nc(N)c2cc1OC. The average molecular weight is 484 g/mol. The first-order valence-electron chi connectivity index (χ1n) is 12.4. The molecule has 0 amide bonds.